The number of nitrogens with zero attached hydrogens (tertiary/aromatic N) is 1. The average Bonchev–Trinajstić information content (AvgIpc) is 3.42. The lowest BCUT2D eigenvalue weighted by molar-refractivity contribution is -0.134. The Labute approximate surface area is 136 Å². The molecule has 1 aromatic carbocycles. The van der Waals surface area contributed by atoms with Crippen molar-refractivity contribution in [2.24, 2.45) is 0 Å². The Kier molecular flexibility index (Phi) is 4.66. The highest BCUT2D eigenvalue weighted by atomic mass is 16.3. The molecule has 0 spiro atoms. The number of carbonyl (C=O) groups excluding carboxylic acids is 2. The van der Waals surface area contributed by atoms with Crippen LogP contribution in [-0.2, 0) is 21.5 Å². The third-order valence-electron chi connectivity index (χ3n) is 4.94. The summed E-state index contributed by atoms with van der Waals surface area (Å²) in [4.78, 5) is 26.0. The van der Waals surface area contributed by atoms with E-state index in [-0.39, 0.29) is 11.3 Å². The van der Waals surface area contributed by atoms with Crippen LogP contribution in [-0.4, -0.2) is 41.5 Å². The van der Waals surface area contributed by atoms with Gasteiger partial charge >= 0.3 is 0 Å². The second-order valence-electron chi connectivity index (χ2n) is 6.57. The largest absolute Gasteiger partial charge is 0.387 e. The molecule has 23 heavy (non-hydrogen) atoms. The van der Waals surface area contributed by atoms with Gasteiger partial charge in [0.25, 0.3) is 0 Å². The van der Waals surface area contributed by atoms with Crippen molar-refractivity contribution in [1.29, 1.82) is 0 Å². The summed E-state index contributed by atoms with van der Waals surface area (Å²) in [5, 5.41) is 11.3. The quantitative estimate of drug-likeness (QED) is 0.861. The first-order valence-corrected chi connectivity index (χ1v) is 8.42. The third-order valence-corrected chi connectivity index (χ3v) is 4.94. The summed E-state index contributed by atoms with van der Waals surface area (Å²) in [6, 6.07) is 7.93. The lowest BCUT2D eigenvalue weighted by atomic mass is 9.92. The molecule has 2 N–H and O–H groups in total. The van der Waals surface area contributed by atoms with Gasteiger partial charge in [-0.05, 0) is 43.2 Å². The zero-order chi connectivity index (χ0) is 16.3. The number of hydrogen-bond acceptors (Lipinski definition) is 3. The van der Waals surface area contributed by atoms with Crippen molar-refractivity contribution >= 4 is 11.8 Å². The predicted molar refractivity (Wildman–Crippen MR) is 86.7 cm³/mol. The van der Waals surface area contributed by atoms with E-state index < -0.39 is 6.61 Å². The molecule has 0 bridgehead atoms. The van der Waals surface area contributed by atoms with Gasteiger partial charge in [0.15, 0.2) is 0 Å². The van der Waals surface area contributed by atoms with Crippen molar-refractivity contribution in [1.82, 2.24) is 10.2 Å². The summed E-state index contributed by atoms with van der Waals surface area (Å²) in [6.07, 6.45) is 5.33. The maximum absolute atomic E-state index is 12.9. The zero-order valence-electron chi connectivity index (χ0n) is 13.4. The van der Waals surface area contributed by atoms with E-state index in [1.54, 1.807) is 0 Å². The highest BCUT2D eigenvalue weighted by Crippen LogP contribution is 2.49. The van der Waals surface area contributed by atoms with Crippen molar-refractivity contribution in [2.45, 2.75) is 44.1 Å². The number of nitrogens with one attached hydrogen (secondary N) is 1. The third kappa shape index (κ3) is 3.39. The van der Waals surface area contributed by atoms with Crippen LogP contribution >= 0.6 is 0 Å². The Hall–Kier alpha value is -1.88. The van der Waals surface area contributed by atoms with E-state index in [2.05, 4.69) is 5.32 Å². The van der Waals surface area contributed by atoms with Crippen LogP contribution in [0.2, 0.25) is 0 Å². The minimum Gasteiger partial charge on any atom is -0.387 e. The Morgan fingerprint density at radius 2 is 1.74 bits per heavy atom. The molecular weight excluding hydrogens is 292 g/mol. The molecule has 5 nitrogen and oxygen atoms in total. The zero-order valence-corrected chi connectivity index (χ0v) is 13.4. The normalized spacial score (nSPS) is 19.3. The molecule has 0 radical (unpaired) electrons. The first-order valence-electron chi connectivity index (χ1n) is 8.42. The Bertz CT molecular complexity index is 572. The fourth-order valence-electron chi connectivity index (χ4n) is 3.35. The van der Waals surface area contributed by atoms with Crippen molar-refractivity contribution in [3.63, 3.8) is 0 Å². The van der Waals surface area contributed by atoms with Crippen LogP contribution in [0.25, 0.3) is 0 Å². The molecule has 1 saturated carbocycles. The monoisotopic (exact) mass is 316 g/mol. The van der Waals surface area contributed by atoms with Crippen LogP contribution in [0.15, 0.2) is 24.3 Å². The second kappa shape index (κ2) is 6.71. The van der Waals surface area contributed by atoms with Gasteiger partial charge in [0.1, 0.15) is 6.61 Å². The molecule has 0 aromatic heterocycles. The topological polar surface area (TPSA) is 69.6 Å². The number of aliphatic hydroxyl groups is 1. The van der Waals surface area contributed by atoms with E-state index >= 15 is 0 Å². The summed E-state index contributed by atoms with van der Waals surface area (Å²) in [7, 11) is 0. The molecule has 124 valence electrons. The first-order chi connectivity index (χ1) is 11.2. The molecule has 1 aromatic rings. The minimum atomic E-state index is -0.495. The van der Waals surface area contributed by atoms with Gasteiger partial charge in [-0.3, -0.25) is 9.59 Å². The molecule has 3 rings (SSSR count). The summed E-state index contributed by atoms with van der Waals surface area (Å²) < 4.78 is 0. The van der Waals surface area contributed by atoms with Crippen molar-refractivity contribution < 1.29 is 14.7 Å². The predicted octanol–water partition coefficient (Wildman–Crippen LogP) is 1.34. The van der Waals surface area contributed by atoms with E-state index in [1.807, 2.05) is 29.2 Å². The van der Waals surface area contributed by atoms with Crippen LogP contribution in [0.4, 0.5) is 0 Å². The van der Waals surface area contributed by atoms with Crippen molar-refractivity contribution in [2.75, 3.05) is 19.7 Å². The van der Waals surface area contributed by atoms with Crippen LogP contribution in [0.3, 0.4) is 0 Å². The van der Waals surface area contributed by atoms with Crippen LogP contribution in [0.1, 0.15) is 43.2 Å². The number of aliphatic hydroxyl groups excluding tert-OH is 1. The summed E-state index contributed by atoms with van der Waals surface area (Å²) in [5.74, 6) is -0.0912. The molecule has 0 atom stereocenters. The van der Waals surface area contributed by atoms with Crippen LogP contribution in [0.5, 0.6) is 0 Å². The number of rotatable bonds is 5. The van der Waals surface area contributed by atoms with Gasteiger partial charge in [0, 0.05) is 19.6 Å². The van der Waals surface area contributed by atoms with Crippen LogP contribution in [0, 0.1) is 0 Å². The maximum Gasteiger partial charge on any atom is 0.245 e. The molecular formula is C18H24N2O3. The molecule has 0 unspecified atom stereocenters. The molecule has 2 fully saturated rings. The van der Waals surface area contributed by atoms with Crippen molar-refractivity contribution in [3.8, 4) is 0 Å². The van der Waals surface area contributed by atoms with E-state index in [9.17, 15) is 9.59 Å². The molecule has 2 amide bonds. The molecule has 1 aliphatic carbocycles. The highest BCUT2D eigenvalue weighted by Gasteiger charge is 2.52. The van der Waals surface area contributed by atoms with Gasteiger partial charge < -0.3 is 15.3 Å². The van der Waals surface area contributed by atoms with Gasteiger partial charge in [-0.25, -0.2) is 0 Å². The fourth-order valence-corrected chi connectivity index (χ4v) is 3.35. The van der Waals surface area contributed by atoms with Gasteiger partial charge in [-0.1, -0.05) is 24.3 Å². The minimum absolute atomic E-state index is 0.290. The van der Waals surface area contributed by atoms with Gasteiger partial charge in [0.2, 0.25) is 11.8 Å². The first kappa shape index (κ1) is 16.0. The van der Waals surface area contributed by atoms with E-state index in [1.165, 1.54) is 6.42 Å². The number of carbonyl (C=O) groups is 2. The summed E-state index contributed by atoms with van der Waals surface area (Å²) in [5.41, 5.74) is 1.76. The van der Waals surface area contributed by atoms with Gasteiger partial charge in [0.05, 0.1) is 5.41 Å². The SMILES string of the molecule is O=C(CO)NCc1ccc(C2(C(=O)N3CCCCC3)CC2)cc1. The smallest absolute Gasteiger partial charge is 0.245 e. The highest BCUT2D eigenvalue weighted by molar-refractivity contribution is 5.91. The Balaban J connectivity index is 1.66. The van der Waals surface area contributed by atoms with E-state index in [4.69, 9.17) is 5.11 Å². The molecule has 1 aliphatic heterocycles. The van der Waals surface area contributed by atoms with Gasteiger partial charge in [-0.15, -0.1) is 0 Å². The average molecular weight is 316 g/mol. The standard InChI is InChI=1S/C18H24N2O3/c21-13-16(22)19-12-14-4-6-15(7-5-14)18(8-9-18)17(23)20-10-2-1-3-11-20/h4-7,21H,1-3,8-13H2,(H,19,22). The molecule has 2 aliphatic rings. The lowest BCUT2D eigenvalue weighted by Crippen LogP contribution is -2.42. The van der Waals surface area contributed by atoms with Crippen molar-refractivity contribution in [3.05, 3.63) is 35.4 Å². The van der Waals surface area contributed by atoms with Crippen LogP contribution < -0.4 is 5.32 Å². The fraction of sp³-hybridized carbons (Fsp3) is 0.556. The van der Waals surface area contributed by atoms with E-state index in [0.717, 1.165) is 49.9 Å². The molecule has 5 heteroatoms. The number of piperidine rings is 1. The number of benzene rings is 1. The number of hydrogen-bond donors (Lipinski definition) is 2. The Morgan fingerprint density at radius 1 is 1.09 bits per heavy atom. The Morgan fingerprint density at radius 3 is 2.30 bits per heavy atom. The number of likely N-dealkylation sites (tertiary alicyclic amines) is 1. The van der Waals surface area contributed by atoms with Gasteiger partial charge in [-0.2, -0.15) is 0 Å². The summed E-state index contributed by atoms with van der Waals surface area (Å²) >= 11 is 0. The molecule has 1 heterocycles. The maximum atomic E-state index is 12.9. The lowest BCUT2D eigenvalue weighted by Gasteiger charge is -2.30. The number of amides is 2. The summed E-state index contributed by atoms with van der Waals surface area (Å²) in [6.45, 7) is 1.69. The molecule has 1 saturated heterocycles. The second-order valence-corrected chi connectivity index (χ2v) is 6.57. The van der Waals surface area contributed by atoms with E-state index in [0.29, 0.717) is 12.5 Å².